The van der Waals surface area contributed by atoms with E-state index >= 15 is 0 Å². The lowest BCUT2D eigenvalue weighted by Gasteiger charge is -2.36. The number of hydrogen-bond acceptors (Lipinski definition) is 7. The van der Waals surface area contributed by atoms with Crippen molar-refractivity contribution in [1.82, 2.24) is 15.7 Å². The van der Waals surface area contributed by atoms with Gasteiger partial charge in [-0.15, -0.1) is 0 Å². The van der Waals surface area contributed by atoms with Gasteiger partial charge in [0, 0.05) is 43.8 Å². The number of carbonyl (C=O) groups excluding carboxylic acids is 3. The molecule has 2 atom stereocenters. The summed E-state index contributed by atoms with van der Waals surface area (Å²) in [5, 5.41) is 11.2. The van der Waals surface area contributed by atoms with Crippen LogP contribution in [-0.2, 0) is 30.5 Å². The summed E-state index contributed by atoms with van der Waals surface area (Å²) < 4.78 is 10.7. The molecule has 1 unspecified atom stereocenters. The number of nitrogens with zero attached hydrogens (tertiary/aromatic N) is 1. The molecule has 0 aromatic heterocycles. The van der Waals surface area contributed by atoms with E-state index in [1.165, 1.54) is 21.0 Å². The third-order valence-electron chi connectivity index (χ3n) is 6.45. The first-order valence-electron chi connectivity index (χ1n) is 12.8. The van der Waals surface area contributed by atoms with E-state index in [-0.39, 0.29) is 12.2 Å². The Morgan fingerprint density at radius 2 is 1.69 bits per heavy atom. The Kier molecular flexibility index (Phi) is 11.0. The topological polar surface area (TPSA) is 126 Å². The summed E-state index contributed by atoms with van der Waals surface area (Å²) in [5.74, 6) is 4.14. The van der Waals surface area contributed by atoms with Crippen molar-refractivity contribution < 1.29 is 33.8 Å². The quantitative estimate of drug-likeness (QED) is 0.182. The van der Waals surface area contributed by atoms with Crippen LogP contribution < -0.4 is 10.8 Å². The lowest BCUT2D eigenvalue weighted by Crippen LogP contribution is -2.65. The predicted octanol–water partition coefficient (Wildman–Crippen LogP) is 1.75. The molecule has 0 bridgehead atoms. The Balaban J connectivity index is 1.67. The van der Waals surface area contributed by atoms with Crippen molar-refractivity contribution in [3.05, 3.63) is 70.8 Å². The van der Waals surface area contributed by atoms with E-state index in [0.29, 0.717) is 31.8 Å². The molecule has 3 amide bonds. The number of nitrogens with one attached hydrogen (secondary N) is 2. The summed E-state index contributed by atoms with van der Waals surface area (Å²) in [6.07, 6.45) is 1.84. The minimum absolute atomic E-state index is 0.0157. The molecule has 1 aliphatic heterocycles. The Hall–Kier alpha value is -3.75. The van der Waals surface area contributed by atoms with Crippen LogP contribution in [0.2, 0.25) is 0 Å². The van der Waals surface area contributed by atoms with E-state index in [9.17, 15) is 14.4 Å². The molecular formula is C29H35N3O7. The van der Waals surface area contributed by atoms with E-state index in [4.69, 9.17) is 19.4 Å². The third-order valence-corrected chi connectivity index (χ3v) is 6.45. The van der Waals surface area contributed by atoms with E-state index in [0.717, 1.165) is 28.9 Å². The summed E-state index contributed by atoms with van der Waals surface area (Å²) in [4.78, 5) is 45.6. The van der Waals surface area contributed by atoms with Gasteiger partial charge in [-0.1, -0.05) is 24.0 Å². The molecule has 3 N–H and O–H groups in total. The molecule has 1 aliphatic rings. The largest absolute Gasteiger partial charge is 0.394 e. The van der Waals surface area contributed by atoms with E-state index in [1.54, 1.807) is 24.3 Å². The van der Waals surface area contributed by atoms with Crippen molar-refractivity contribution >= 4 is 17.7 Å². The Morgan fingerprint density at radius 3 is 2.26 bits per heavy atom. The van der Waals surface area contributed by atoms with Gasteiger partial charge in [0.15, 0.2) is 11.8 Å². The highest BCUT2D eigenvalue weighted by molar-refractivity contribution is 6.12. The molecular weight excluding hydrogens is 502 g/mol. The van der Waals surface area contributed by atoms with Crippen molar-refractivity contribution in [1.29, 1.82) is 0 Å². The van der Waals surface area contributed by atoms with Crippen molar-refractivity contribution in [3.8, 4) is 11.8 Å². The van der Waals surface area contributed by atoms with Crippen LogP contribution in [0.3, 0.4) is 0 Å². The standard InChI is InChI=1S/C29H35N3O7/c1-29(27(35)30-2,28(36)31-39-25-6-4-5-18-38-25)32(3)26(34)24-15-13-22(14-16-24)8-7-21-9-11-23(12-10-21)20-37-19-17-33/h9-16,25,33H,4-6,17-20H2,1-3H3,(H,30,35)(H,31,36)/t25?,29-/m0/s1. The molecule has 2 aromatic rings. The lowest BCUT2D eigenvalue weighted by atomic mass is 9.96. The molecule has 0 aliphatic carbocycles. The molecule has 0 saturated carbocycles. The van der Waals surface area contributed by atoms with Crippen LogP contribution >= 0.6 is 0 Å². The average Bonchev–Trinajstić information content (AvgIpc) is 2.98. The minimum atomic E-state index is -1.88. The van der Waals surface area contributed by atoms with Crippen LogP contribution in [-0.4, -0.2) is 73.5 Å². The highest BCUT2D eigenvalue weighted by Crippen LogP contribution is 2.20. The van der Waals surface area contributed by atoms with Crippen molar-refractivity contribution in [2.45, 2.75) is 44.6 Å². The fourth-order valence-corrected chi connectivity index (χ4v) is 3.85. The van der Waals surface area contributed by atoms with Gasteiger partial charge < -0.3 is 24.8 Å². The maximum atomic E-state index is 13.3. The summed E-state index contributed by atoms with van der Waals surface area (Å²) in [6.45, 7) is 2.57. The molecule has 0 radical (unpaired) electrons. The number of carbonyl (C=O) groups is 3. The summed E-state index contributed by atoms with van der Waals surface area (Å²) in [6, 6.07) is 14.2. The number of aliphatic hydroxyl groups is 1. The first-order valence-corrected chi connectivity index (χ1v) is 12.8. The van der Waals surface area contributed by atoms with Gasteiger partial charge in [-0.3, -0.25) is 14.4 Å². The number of amides is 3. The fourth-order valence-electron chi connectivity index (χ4n) is 3.85. The second kappa shape index (κ2) is 14.4. The molecule has 208 valence electrons. The highest BCUT2D eigenvalue weighted by Gasteiger charge is 2.47. The first kappa shape index (κ1) is 29.8. The second-order valence-corrected chi connectivity index (χ2v) is 9.16. The minimum Gasteiger partial charge on any atom is -0.394 e. The zero-order chi connectivity index (χ0) is 28.3. The van der Waals surface area contributed by atoms with Crippen molar-refractivity contribution in [3.63, 3.8) is 0 Å². The summed E-state index contributed by atoms with van der Waals surface area (Å²) in [7, 11) is 2.78. The molecule has 1 heterocycles. The zero-order valence-corrected chi connectivity index (χ0v) is 22.5. The van der Waals surface area contributed by atoms with Gasteiger partial charge in [-0.05, 0) is 61.7 Å². The molecule has 1 fully saturated rings. The van der Waals surface area contributed by atoms with Gasteiger partial charge >= 0.3 is 0 Å². The Morgan fingerprint density at radius 1 is 1.05 bits per heavy atom. The molecule has 10 heteroatoms. The maximum Gasteiger partial charge on any atom is 0.279 e. The number of likely N-dealkylation sites (N-methyl/N-ethyl adjacent to an activating group) is 2. The maximum absolute atomic E-state index is 13.3. The lowest BCUT2D eigenvalue weighted by molar-refractivity contribution is -0.204. The number of rotatable bonds is 10. The Bertz CT molecular complexity index is 1180. The van der Waals surface area contributed by atoms with Gasteiger partial charge in [-0.2, -0.15) is 0 Å². The third kappa shape index (κ3) is 7.88. The monoisotopic (exact) mass is 537 g/mol. The number of hydrogen-bond donors (Lipinski definition) is 3. The summed E-state index contributed by atoms with van der Waals surface area (Å²) in [5.41, 5.74) is 3.19. The second-order valence-electron chi connectivity index (χ2n) is 9.16. The van der Waals surface area contributed by atoms with Crippen LogP contribution in [0.25, 0.3) is 0 Å². The van der Waals surface area contributed by atoms with Crippen LogP contribution in [0.1, 0.15) is 53.2 Å². The van der Waals surface area contributed by atoms with Crippen LogP contribution in [0.5, 0.6) is 0 Å². The molecule has 39 heavy (non-hydrogen) atoms. The number of aliphatic hydroxyl groups excluding tert-OH is 1. The van der Waals surface area contributed by atoms with Crippen LogP contribution in [0.15, 0.2) is 48.5 Å². The van der Waals surface area contributed by atoms with Crippen LogP contribution in [0.4, 0.5) is 0 Å². The molecule has 3 rings (SSSR count). The van der Waals surface area contributed by atoms with Crippen LogP contribution in [0, 0.1) is 11.8 Å². The summed E-state index contributed by atoms with van der Waals surface area (Å²) >= 11 is 0. The molecule has 0 spiro atoms. The van der Waals surface area contributed by atoms with E-state index in [2.05, 4.69) is 22.6 Å². The number of ether oxygens (including phenoxy) is 2. The van der Waals surface area contributed by atoms with Gasteiger partial charge in [0.1, 0.15) is 0 Å². The first-order chi connectivity index (χ1) is 18.8. The zero-order valence-electron chi connectivity index (χ0n) is 22.5. The van der Waals surface area contributed by atoms with Crippen molar-refractivity contribution in [2.24, 2.45) is 0 Å². The predicted molar refractivity (Wildman–Crippen MR) is 143 cm³/mol. The smallest absolute Gasteiger partial charge is 0.279 e. The van der Waals surface area contributed by atoms with E-state index < -0.39 is 29.6 Å². The molecule has 10 nitrogen and oxygen atoms in total. The van der Waals surface area contributed by atoms with E-state index in [1.807, 2.05) is 24.3 Å². The Labute approximate surface area is 228 Å². The molecule has 2 aromatic carbocycles. The van der Waals surface area contributed by atoms with Gasteiger partial charge in [0.2, 0.25) is 0 Å². The van der Waals surface area contributed by atoms with Gasteiger partial charge in [0.25, 0.3) is 17.7 Å². The fraction of sp³-hybridized carbons (Fsp3) is 0.414. The van der Waals surface area contributed by atoms with Gasteiger partial charge in [-0.25, -0.2) is 10.3 Å². The normalized spacial score (nSPS) is 16.3. The van der Waals surface area contributed by atoms with Crippen molar-refractivity contribution in [2.75, 3.05) is 33.9 Å². The average molecular weight is 538 g/mol. The number of hydroxylamine groups is 1. The van der Waals surface area contributed by atoms with Gasteiger partial charge in [0.05, 0.1) is 19.8 Å². The number of benzene rings is 2. The molecule has 1 saturated heterocycles. The SMILES string of the molecule is CNC(=O)[C@@](C)(C(=O)NOC1CCCCO1)N(C)C(=O)c1ccc(C#Cc2ccc(COCCO)cc2)cc1. The highest BCUT2D eigenvalue weighted by atomic mass is 16.8.